The van der Waals surface area contributed by atoms with Crippen molar-refractivity contribution < 1.29 is 46.8 Å². The number of hydrogen-bond donors (Lipinski definition) is 0. The molecule has 0 aliphatic rings. The Balaban J connectivity index is 4.21. The molecule has 10 nitrogen and oxygen atoms in total. The zero-order valence-corrected chi connectivity index (χ0v) is 25.5. The number of allylic oxidation sites excluding steroid dienone is 4. The summed E-state index contributed by atoms with van der Waals surface area (Å²) in [5.74, 6) is -1.02. The summed E-state index contributed by atoms with van der Waals surface area (Å²) in [7, 11) is 1.07. The molecule has 0 rings (SSSR count). The van der Waals surface area contributed by atoms with Gasteiger partial charge in [-0.15, -0.1) is 0 Å². The number of carbonyl (C=O) groups excluding carboxylic acids is 3. The van der Waals surface area contributed by atoms with Crippen LogP contribution in [0.15, 0.2) is 24.3 Å². The van der Waals surface area contributed by atoms with Gasteiger partial charge in [-0.25, -0.2) is 0 Å². The fourth-order valence-corrected chi connectivity index (χ4v) is 3.97. The fourth-order valence-electron chi connectivity index (χ4n) is 3.24. The molecule has 0 aliphatic carbocycles. The number of unbranched alkanes of at least 4 members (excludes halogenated alkanes) is 7. The van der Waals surface area contributed by atoms with Crippen LogP contribution in [0.1, 0.15) is 84.5 Å². The third kappa shape index (κ3) is 26.2. The number of ether oxygens (including phenoxy) is 2. The molecular weight excluding hydrogens is 525 g/mol. The predicted octanol–water partition coefficient (Wildman–Crippen LogP) is 4.66. The highest BCUT2D eigenvalue weighted by molar-refractivity contribution is 7.45. The van der Waals surface area contributed by atoms with Crippen LogP contribution in [0.5, 0.6) is 0 Å². The average Bonchev–Trinajstić information content (AvgIpc) is 2.83. The molecular formula is C28H50NO9P. The van der Waals surface area contributed by atoms with Crippen molar-refractivity contribution in [1.82, 2.24) is 0 Å². The SMILES string of the molecule is CCCCC/C=C\C=C\C(=O)CCCCCCCC(=O)O[C@H](COC(C)=O)COP(=O)([O-])OCC[N+](C)(C)C. The van der Waals surface area contributed by atoms with Gasteiger partial charge in [-0.3, -0.25) is 18.9 Å². The molecule has 0 aromatic carbocycles. The van der Waals surface area contributed by atoms with Gasteiger partial charge in [0.1, 0.15) is 19.8 Å². The van der Waals surface area contributed by atoms with Gasteiger partial charge in [-0.05, 0) is 31.8 Å². The van der Waals surface area contributed by atoms with Gasteiger partial charge in [0, 0.05) is 19.8 Å². The Labute approximate surface area is 234 Å². The van der Waals surface area contributed by atoms with Crippen LogP contribution in [-0.4, -0.2) is 75.8 Å². The number of rotatable bonds is 24. The lowest BCUT2D eigenvalue weighted by molar-refractivity contribution is -0.870. The second-order valence-corrected chi connectivity index (χ2v) is 11.9. The molecule has 0 radical (unpaired) electrons. The van der Waals surface area contributed by atoms with Gasteiger partial charge < -0.3 is 27.9 Å². The zero-order chi connectivity index (χ0) is 29.6. The maximum absolute atomic E-state index is 12.2. The maximum Gasteiger partial charge on any atom is 0.306 e. The number of carbonyl (C=O) groups is 3. The summed E-state index contributed by atoms with van der Waals surface area (Å²) in [4.78, 5) is 47.3. The highest BCUT2D eigenvalue weighted by Gasteiger charge is 2.21. The Bertz CT molecular complexity index is 805. The van der Waals surface area contributed by atoms with Crippen LogP contribution in [0, 0.1) is 0 Å². The van der Waals surface area contributed by atoms with Gasteiger partial charge in [0.05, 0.1) is 27.7 Å². The standard InChI is InChI=1S/C28H50NO9P/c1-6-7-8-9-10-12-15-18-26(31)19-16-13-11-14-17-20-28(32)38-27(23-35-25(2)30)24-37-39(33,34)36-22-21-29(3,4)5/h10,12,15,18,27H,6-9,11,13-14,16-17,19-24H2,1-5H3/b12-10-,18-15+/t27-/m1/s1. The summed E-state index contributed by atoms with van der Waals surface area (Å²) in [6.45, 7) is 2.93. The minimum absolute atomic E-state index is 0.0555. The molecule has 0 aliphatic heterocycles. The number of quaternary nitrogens is 1. The number of ketones is 1. The van der Waals surface area contributed by atoms with E-state index in [2.05, 4.69) is 13.0 Å². The molecule has 0 spiro atoms. The Morgan fingerprint density at radius 3 is 2.21 bits per heavy atom. The van der Waals surface area contributed by atoms with Crippen LogP contribution in [-0.2, 0) is 37.5 Å². The van der Waals surface area contributed by atoms with Crippen LogP contribution < -0.4 is 4.89 Å². The number of phosphoric ester groups is 1. The summed E-state index contributed by atoms with van der Waals surface area (Å²) in [5.41, 5.74) is 0. The van der Waals surface area contributed by atoms with Gasteiger partial charge in [0.25, 0.3) is 7.82 Å². The number of esters is 2. The summed E-state index contributed by atoms with van der Waals surface area (Å²) >= 11 is 0. The van der Waals surface area contributed by atoms with Crippen molar-refractivity contribution in [3.63, 3.8) is 0 Å². The quantitative estimate of drug-likeness (QED) is 0.0403. The van der Waals surface area contributed by atoms with E-state index in [1.807, 2.05) is 27.2 Å². The molecule has 0 aromatic rings. The zero-order valence-electron chi connectivity index (χ0n) is 24.6. The van der Waals surface area contributed by atoms with E-state index in [1.165, 1.54) is 26.2 Å². The van der Waals surface area contributed by atoms with E-state index in [0.717, 1.165) is 32.1 Å². The second kappa shape index (κ2) is 21.9. The topological polar surface area (TPSA) is 128 Å². The first kappa shape index (κ1) is 37.2. The molecule has 0 saturated carbocycles. The summed E-state index contributed by atoms with van der Waals surface area (Å²) in [5, 5.41) is 0. The molecule has 1 unspecified atom stereocenters. The van der Waals surface area contributed by atoms with Crippen LogP contribution in [0.2, 0.25) is 0 Å². The van der Waals surface area contributed by atoms with Crippen molar-refractivity contribution in [2.75, 3.05) is 47.5 Å². The molecule has 39 heavy (non-hydrogen) atoms. The van der Waals surface area contributed by atoms with Crippen LogP contribution in [0.25, 0.3) is 0 Å². The highest BCUT2D eigenvalue weighted by Crippen LogP contribution is 2.38. The summed E-state index contributed by atoms with van der Waals surface area (Å²) < 4.78 is 32.3. The third-order valence-electron chi connectivity index (χ3n) is 5.51. The predicted molar refractivity (Wildman–Crippen MR) is 149 cm³/mol. The van der Waals surface area contributed by atoms with Gasteiger partial charge >= 0.3 is 11.9 Å². The van der Waals surface area contributed by atoms with Gasteiger partial charge in [0.2, 0.25) is 0 Å². The molecule has 0 N–H and O–H groups in total. The molecule has 0 aromatic heterocycles. The van der Waals surface area contributed by atoms with Crippen molar-refractivity contribution in [2.45, 2.75) is 90.6 Å². The van der Waals surface area contributed by atoms with Crippen molar-refractivity contribution in [3.8, 4) is 0 Å². The maximum atomic E-state index is 12.2. The van der Waals surface area contributed by atoms with Crippen molar-refractivity contribution in [2.24, 2.45) is 0 Å². The lowest BCUT2D eigenvalue weighted by Gasteiger charge is -2.28. The molecule has 0 fully saturated rings. The molecule has 226 valence electrons. The number of likely N-dealkylation sites (N-methyl/N-ethyl adjacent to an activating group) is 1. The third-order valence-corrected chi connectivity index (χ3v) is 6.47. The van der Waals surface area contributed by atoms with Gasteiger partial charge in [-0.2, -0.15) is 0 Å². The largest absolute Gasteiger partial charge is 0.756 e. The van der Waals surface area contributed by atoms with Gasteiger partial charge in [0.15, 0.2) is 11.9 Å². The second-order valence-electron chi connectivity index (χ2n) is 10.5. The fraction of sp³-hybridized carbons (Fsp3) is 0.750. The normalized spacial score (nSPS) is 14.4. The van der Waals surface area contributed by atoms with Crippen molar-refractivity contribution in [3.05, 3.63) is 24.3 Å². The summed E-state index contributed by atoms with van der Waals surface area (Å²) in [6, 6.07) is 0. The molecule has 0 bridgehead atoms. The van der Waals surface area contributed by atoms with Crippen LogP contribution in [0.3, 0.4) is 0 Å². The minimum Gasteiger partial charge on any atom is -0.756 e. The number of phosphoric acid groups is 1. The van der Waals surface area contributed by atoms with E-state index in [1.54, 1.807) is 12.2 Å². The molecule has 0 amide bonds. The van der Waals surface area contributed by atoms with Gasteiger partial charge in [-0.1, -0.05) is 57.3 Å². The Hall–Kier alpha value is -1.84. The van der Waals surface area contributed by atoms with E-state index < -0.39 is 32.5 Å². The van der Waals surface area contributed by atoms with Crippen molar-refractivity contribution >= 4 is 25.5 Å². The molecule has 0 heterocycles. The highest BCUT2D eigenvalue weighted by atomic mass is 31.2. The number of hydrogen-bond acceptors (Lipinski definition) is 9. The van der Waals surface area contributed by atoms with E-state index in [0.29, 0.717) is 23.9 Å². The smallest absolute Gasteiger partial charge is 0.306 e. The molecule has 2 atom stereocenters. The van der Waals surface area contributed by atoms with E-state index >= 15 is 0 Å². The molecule has 11 heteroatoms. The van der Waals surface area contributed by atoms with Crippen molar-refractivity contribution in [1.29, 1.82) is 0 Å². The monoisotopic (exact) mass is 575 g/mol. The number of nitrogens with zero attached hydrogens (tertiary/aromatic N) is 1. The Morgan fingerprint density at radius 1 is 0.897 bits per heavy atom. The summed E-state index contributed by atoms with van der Waals surface area (Å²) in [6.07, 6.45) is 15.6. The lowest BCUT2D eigenvalue weighted by Crippen LogP contribution is -2.37. The average molecular weight is 576 g/mol. The minimum atomic E-state index is -4.60. The Morgan fingerprint density at radius 2 is 1.56 bits per heavy atom. The van der Waals surface area contributed by atoms with Crippen LogP contribution >= 0.6 is 7.82 Å². The Kier molecular flexibility index (Phi) is 20.9. The molecule has 0 saturated heterocycles. The first-order chi connectivity index (χ1) is 18.3. The van der Waals surface area contributed by atoms with E-state index in [4.69, 9.17) is 18.5 Å². The van der Waals surface area contributed by atoms with E-state index in [9.17, 15) is 23.8 Å². The first-order valence-electron chi connectivity index (χ1n) is 13.9. The lowest BCUT2D eigenvalue weighted by atomic mass is 10.1. The first-order valence-corrected chi connectivity index (χ1v) is 15.4. The van der Waals surface area contributed by atoms with Crippen LogP contribution in [0.4, 0.5) is 0 Å². The van der Waals surface area contributed by atoms with E-state index in [-0.39, 0.29) is 25.4 Å².